The molecule has 2 bridgehead atoms. The summed E-state index contributed by atoms with van der Waals surface area (Å²) in [6.45, 7) is 0. The number of ether oxygens (including phenoxy) is 1. The summed E-state index contributed by atoms with van der Waals surface area (Å²) in [5.74, 6) is -0.891. The Morgan fingerprint density at radius 3 is 2.68 bits per heavy atom. The zero-order valence-corrected chi connectivity index (χ0v) is 12.2. The van der Waals surface area contributed by atoms with Crippen molar-refractivity contribution in [1.82, 2.24) is 4.90 Å². The van der Waals surface area contributed by atoms with Gasteiger partial charge in [-0.05, 0) is 50.1 Å². The highest BCUT2D eigenvalue weighted by atomic mass is 19.4. The van der Waals surface area contributed by atoms with Crippen molar-refractivity contribution >= 4 is 5.57 Å². The van der Waals surface area contributed by atoms with Gasteiger partial charge in [0, 0.05) is 17.6 Å². The molecule has 2 aliphatic heterocycles. The van der Waals surface area contributed by atoms with E-state index in [4.69, 9.17) is 0 Å². The van der Waals surface area contributed by atoms with Crippen molar-refractivity contribution in [3.63, 3.8) is 0 Å². The van der Waals surface area contributed by atoms with Crippen LogP contribution in [0.1, 0.15) is 31.2 Å². The van der Waals surface area contributed by atoms with E-state index in [-0.39, 0.29) is 17.4 Å². The van der Waals surface area contributed by atoms with Gasteiger partial charge in [0.2, 0.25) is 0 Å². The molecule has 120 valence electrons. The molecule has 2 heterocycles. The Kier molecular flexibility index (Phi) is 3.89. The smallest absolute Gasteiger partial charge is 0.406 e. The van der Waals surface area contributed by atoms with E-state index in [0.29, 0.717) is 12.5 Å². The van der Waals surface area contributed by atoms with Crippen LogP contribution in [-0.2, 0) is 0 Å². The van der Waals surface area contributed by atoms with Gasteiger partial charge in [-0.1, -0.05) is 12.5 Å². The van der Waals surface area contributed by atoms with E-state index in [1.807, 2.05) is 13.1 Å². The predicted molar refractivity (Wildman–Crippen MR) is 74.9 cm³/mol. The molecule has 1 aromatic rings. The molecule has 0 aromatic heterocycles. The number of hydrogen-bond acceptors (Lipinski definition) is 2. The van der Waals surface area contributed by atoms with Gasteiger partial charge in [0.05, 0.1) is 0 Å². The van der Waals surface area contributed by atoms with Crippen LogP contribution in [-0.4, -0.2) is 30.4 Å². The van der Waals surface area contributed by atoms with E-state index < -0.39 is 12.2 Å². The summed E-state index contributed by atoms with van der Waals surface area (Å²) in [4.78, 5) is 2.26. The third-order valence-corrected chi connectivity index (χ3v) is 4.50. The zero-order chi connectivity index (χ0) is 15.9. The van der Waals surface area contributed by atoms with Crippen LogP contribution in [0.2, 0.25) is 0 Å². The van der Waals surface area contributed by atoms with Crippen LogP contribution in [0.4, 0.5) is 17.6 Å². The second-order valence-corrected chi connectivity index (χ2v) is 5.90. The van der Waals surface area contributed by atoms with Gasteiger partial charge in [0.25, 0.3) is 0 Å². The quantitative estimate of drug-likeness (QED) is 0.752. The van der Waals surface area contributed by atoms with Gasteiger partial charge in [0.1, 0.15) is 11.6 Å². The first-order chi connectivity index (χ1) is 10.3. The topological polar surface area (TPSA) is 12.5 Å². The molecule has 1 fully saturated rings. The number of fused-ring (bicyclic) bond motifs is 2. The fraction of sp³-hybridized carbons (Fsp3) is 0.500. The fourth-order valence-electron chi connectivity index (χ4n) is 3.39. The number of likely N-dealkylation sites (N-methyl/N-ethyl adjacent to an activating group) is 1. The summed E-state index contributed by atoms with van der Waals surface area (Å²) in [5.41, 5.74) is 0.990. The van der Waals surface area contributed by atoms with Gasteiger partial charge < -0.3 is 4.74 Å². The first-order valence-electron chi connectivity index (χ1n) is 7.32. The van der Waals surface area contributed by atoms with Crippen molar-refractivity contribution in [1.29, 1.82) is 0 Å². The first kappa shape index (κ1) is 15.3. The van der Waals surface area contributed by atoms with E-state index in [9.17, 15) is 17.6 Å². The van der Waals surface area contributed by atoms with Gasteiger partial charge in [-0.3, -0.25) is 4.90 Å². The number of rotatable bonds is 2. The molecule has 0 saturated carbocycles. The highest BCUT2D eigenvalue weighted by Crippen LogP contribution is 2.38. The summed E-state index contributed by atoms with van der Waals surface area (Å²) in [7, 11) is 2.04. The number of benzene rings is 1. The minimum absolute atomic E-state index is 0.215. The maximum absolute atomic E-state index is 14.1. The highest BCUT2D eigenvalue weighted by molar-refractivity contribution is 5.69. The zero-order valence-electron chi connectivity index (χ0n) is 12.2. The Hall–Kier alpha value is -1.56. The third-order valence-electron chi connectivity index (χ3n) is 4.50. The summed E-state index contributed by atoms with van der Waals surface area (Å²) < 4.78 is 54.9. The van der Waals surface area contributed by atoms with Crippen molar-refractivity contribution < 1.29 is 22.3 Å². The normalized spacial score (nSPS) is 25.8. The average molecular weight is 315 g/mol. The van der Waals surface area contributed by atoms with Gasteiger partial charge in [-0.15, -0.1) is 13.2 Å². The molecule has 1 aromatic carbocycles. The molecule has 2 unspecified atom stereocenters. The Balaban J connectivity index is 1.92. The standard InChI is InChI=1S/C16H17F4NO/c1-21-11-3-2-4-12(21)8-10(7-11)14-9-13(5-6-15(14)17)22-16(18,19)20/h5-7,9,11-12H,2-4,8H2,1H3. The van der Waals surface area contributed by atoms with E-state index in [0.717, 1.165) is 43.0 Å². The summed E-state index contributed by atoms with van der Waals surface area (Å²) >= 11 is 0. The molecular weight excluding hydrogens is 298 g/mol. The largest absolute Gasteiger partial charge is 0.573 e. The molecule has 6 heteroatoms. The minimum atomic E-state index is -4.77. The molecule has 0 aliphatic carbocycles. The van der Waals surface area contributed by atoms with Crippen LogP contribution in [0.3, 0.4) is 0 Å². The monoisotopic (exact) mass is 315 g/mol. The van der Waals surface area contributed by atoms with Crippen LogP contribution in [0.25, 0.3) is 5.57 Å². The second-order valence-electron chi connectivity index (χ2n) is 5.90. The lowest BCUT2D eigenvalue weighted by atomic mass is 9.83. The van der Waals surface area contributed by atoms with Crippen LogP contribution >= 0.6 is 0 Å². The average Bonchev–Trinajstić information content (AvgIpc) is 2.39. The molecular formula is C16H17F4NO. The van der Waals surface area contributed by atoms with Gasteiger partial charge in [-0.25, -0.2) is 4.39 Å². The lowest BCUT2D eigenvalue weighted by molar-refractivity contribution is -0.274. The van der Waals surface area contributed by atoms with E-state index in [1.54, 1.807) is 0 Å². The van der Waals surface area contributed by atoms with Crippen molar-refractivity contribution in [2.24, 2.45) is 0 Å². The van der Waals surface area contributed by atoms with E-state index in [2.05, 4.69) is 9.64 Å². The lowest BCUT2D eigenvalue weighted by Gasteiger charge is -2.42. The maximum Gasteiger partial charge on any atom is 0.573 e. The number of hydrogen-bond donors (Lipinski definition) is 0. The molecule has 2 atom stereocenters. The fourth-order valence-corrected chi connectivity index (χ4v) is 3.39. The summed E-state index contributed by atoms with van der Waals surface area (Å²) in [6, 6.07) is 3.74. The number of alkyl halides is 3. The number of piperidine rings is 1. The number of halogens is 4. The number of nitrogens with zero attached hydrogens (tertiary/aromatic N) is 1. The Labute approximate surface area is 126 Å². The van der Waals surface area contributed by atoms with Crippen molar-refractivity contribution in [3.05, 3.63) is 35.7 Å². The minimum Gasteiger partial charge on any atom is -0.406 e. The van der Waals surface area contributed by atoms with Crippen LogP contribution in [0.5, 0.6) is 5.75 Å². The van der Waals surface area contributed by atoms with Gasteiger partial charge in [0.15, 0.2) is 0 Å². The molecule has 2 nitrogen and oxygen atoms in total. The lowest BCUT2D eigenvalue weighted by Crippen LogP contribution is -2.45. The molecule has 0 spiro atoms. The van der Waals surface area contributed by atoms with E-state index in [1.165, 1.54) is 0 Å². The van der Waals surface area contributed by atoms with Gasteiger partial charge >= 0.3 is 6.36 Å². The van der Waals surface area contributed by atoms with Crippen LogP contribution < -0.4 is 4.74 Å². The molecule has 0 N–H and O–H groups in total. The third kappa shape index (κ3) is 3.11. The summed E-state index contributed by atoms with van der Waals surface area (Å²) in [5, 5.41) is 0. The van der Waals surface area contributed by atoms with Crippen LogP contribution in [0.15, 0.2) is 24.3 Å². The Bertz CT molecular complexity index is 596. The van der Waals surface area contributed by atoms with Gasteiger partial charge in [-0.2, -0.15) is 0 Å². The predicted octanol–water partition coefficient (Wildman–Crippen LogP) is 4.36. The maximum atomic E-state index is 14.1. The van der Waals surface area contributed by atoms with E-state index >= 15 is 0 Å². The molecule has 0 radical (unpaired) electrons. The Morgan fingerprint density at radius 2 is 2.00 bits per heavy atom. The van der Waals surface area contributed by atoms with Crippen molar-refractivity contribution in [2.75, 3.05) is 7.05 Å². The molecule has 3 rings (SSSR count). The Morgan fingerprint density at radius 1 is 1.23 bits per heavy atom. The SMILES string of the molecule is CN1C2C=C(c3cc(OC(F)(F)F)ccc3F)CC1CCC2. The van der Waals surface area contributed by atoms with Crippen LogP contribution in [0, 0.1) is 5.82 Å². The molecule has 2 aliphatic rings. The molecule has 22 heavy (non-hydrogen) atoms. The highest BCUT2D eigenvalue weighted by Gasteiger charge is 2.33. The first-order valence-corrected chi connectivity index (χ1v) is 7.32. The van der Waals surface area contributed by atoms with Crippen molar-refractivity contribution in [3.8, 4) is 5.75 Å². The molecule has 1 saturated heterocycles. The van der Waals surface area contributed by atoms with Crippen molar-refractivity contribution in [2.45, 2.75) is 44.1 Å². The molecule has 0 amide bonds. The second kappa shape index (κ2) is 5.57. The summed E-state index contributed by atoms with van der Waals surface area (Å²) in [6.07, 6.45) is 1.02.